The van der Waals surface area contributed by atoms with E-state index in [1.165, 1.54) is 23.3 Å². The number of aliphatic hydroxyl groups is 1. The van der Waals surface area contributed by atoms with Crippen LogP contribution in [0.3, 0.4) is 0 Å². The molecule has 9 nitrogen and oxygen atoms in total. The van der Waals surface area contributed by atoms with Gasteiger partial charge in [0.1, 0.15) is 30.0 Å². The number of Topliss-reactive ketones (excluding diaryl/α,β-unsaturated/α-hetero) is 1. The third kappa shape index (κ3) is 5.65. The molecule has 7 rings (SSSR count). The van der Waals surface area contributed by atoms with Crippen LogP contribution < -0.4 is 23.8 Å². The SMILES string of the molecule is CCOc1ccc2nc(N3C(=O)C(=O)/C(=C(/O)c4ccc5c(c4)C[C@@H](C)O5)[C@@H]3c3ccc(OCc4ccccc4)c(OC)c3)sc2c1. The number of nitrogens with zero attached hydrogens (tertiary/aromatic N) is 2. The van der Waals surface area contributed by atoms with Crippen molar-refractivity contribution in [2.24, 2.45) is 0 Å². The minimum atomic E-state index is -0.998. The van der Waals surface area contributed by atoms with Crippen LogP contribution in [0.25, 0.3) is 16.0 Å². The number of hydrogen-bond donors (Lipinski definition) is 1. The highest BCUT2D eigenvalue weighted by molar-refractivity contribution is 7.22. The van der Waals surface area contributed by atoms with Gasteiger partial charge in [-0.3, -0.25) is 14.5 Å². The molecule has 2 aliphatic heterocycles. The Morgan fingerprint density at radius 3 is 2.62 bits per heavy atom. The quantitative estimate of drug-likeness (QED) is 0.101. The maximum Gasteiger partial charge on any atom is 0.301 e. The highest BCUT2D eigenvalue weighted by Gasteiger charge is 2.48. The van der Waals surface area contributed by atoms with Crippen molar-refractivity contribution in [3.8, 4) is 23.0 Å². The van der Waals surface area contributed by atoms with E-state index in [1.54, 1.807) is 30.3 Å². The third-order valence-electron chi connectivity index (χ3n) is 8.22. The molecule has 2 aliphatic rings. The van der Waals surface area contributed by atoms with Crippen LogP contribution in [0.5, 0.6) is 23.0 Å². The second kappa shape index (κ2) is 12.4. The standard InChI is InChI=1S/C37H32N2O7S/c1-4-44-26-12-13-27-31(19-26)47-37(38-27)39-33(23-10-15-29(30(18-23)43-3)45-20-22-8-6-5-7-9-22)32(35(41)36(39)42)34(40)24-11-14-28-25(17-24)16-21(2)46-28/h5-15,17-19,21,33,40H,4,16,20H2,1-3H3/b34-32+/t21-,33+/m1/s1. The van der Waals surface area contributed by atoms with Crippen LogP contribution in [-0.2, 0) is 22.6 Å². The van der Waals surface area contributed by atoms with Gasteiger partial charge in [0.2, 0.25) is 0 Å². The Balaban J connectivity index is 1.34. The average Bonchev–Trinajstić information content (AvgIpc) is 3.75. The number of amides is 1. The number of aliphatic hydroxyl groups excluding tert-OH is 1. The lowest BCUT2D eigenvalue weighted by Gasteiger charge is -2.24. The van der Waals surface area contributed by atoms with Crippen LogP contribution in [0.15, 0.2) is 90.5 Å². The van der Waals surface area contributed by atoms with Crippen LogP contribution >= 0.6 is 11.3 Å². The van der Waals surface area contributed by atoms with Gasteiger partial charge in [0.25, 0.3) is 5.78 Å². The summed E-state index contributed by atoms with van der Waals surface area (Å²) in [5, 5.41) is 12.1. The van der Waals surface area contributed by atoms with Crippen LogP contribution in [0.1, 0.15) is 42.1 Å². The van der Waals surface area contributed by atoms with Crippen molar-refractivity contribution < 1.29 is 33.6 Å². The lowest BCUT2D eigenvalue weighted by Crippen LogP contribution is -2.29. The van der Waals surface area contributed by atoms with E-state index in [9.17, 15) is 14.7 Å². The van der Waals surface area contributed by atoms with E-state index in [2.05, 4.69) is 0 Å². The van der Waals surface area contributed by atoms with Gasteiger partial charge in [-0.1, -0.05) is 47.7 Å². The van der Waals surface area contributed by atoms with Crippen LogP contribution in [-0.4, -0.2) is 41.6 Å². The van der Waals surface area contributed by atoms with Crippen molar-refractivity contribution in [2.45, 2.75) is 39.0 Å². The summed E-state index contributed by atoms with van der Waals surface area (Å²) in [6.45, 7) is 4.71. The summed E-state index contributed by atoms with van der Waals surface area (Å²) in [5.41, 5.74) is 3.49. The molecule has 0 bridgehead atoms. The van der Waals surface area contributed by atoms with Crippen molar-refractivity contribution in [1.82, 2.24) is 4.98 Å². The van der Waals surface area contributed by atoms with E-state index in [0.29, 0.717) is 58.7 Å². The summed E-state index contributed by atoms with van der Waals surface area (Å²) < 4.78 is 24.1. The van der Waals surface area contributed by atoms with Gasteiger partial charge < -0.3 is 24.1 Å². The molecule has 47 heavy (non-hydrogen) atoms. The molecule has 2 atom stereocenters. The molecule has 0 unspecified atom stereocenters. The number of carbonyl (C=O) groups is 2. The Bertz CT molecular complexity index is 2040. The highest BCUT2D eigenvalue weighted by atomic mass is 32.1. The Morgan fingerprint density at radius 2 is 1.83 bits per heavy atom. The van der Waals surface area contributed by atoms with E-state index in [4.69, 9.17) is 23.9 Å². The van der Waals surface area contributed by atoms with E-state index in [-0.39, 0.29) is 17.4 Å². The van der Waals surface area contributed by atoms with Gasteiger partial charge in [-0.2, -0.15) is 0 Å². The molecule has 0 spiro atoms. The lowest BCUT2D eigenvalue weighted by molar-refractivity contribution is -0.132. The Hall–Kier alpha value is -5.35. The van der Waals surface area contributed by atoms with Crippen LogP contribution in [0.4, 0.5) is 5.13 Å². The predicted octanol–water partition coefficient (Wildman–Crippen LogP) is 7.23. The Labute approximate surface area is 275 Å². The number of anilines is 1. The fourth-order valence-corrected chi connectivity index (χ4v) is 7.05. The average molecular weight is 649 g/mol. The zero-order valence-electron chi connectivity index (χ0n) is 26.1. The summed E-state index contributed by atoms with van der Waals surface area (Å²) in [6.07, 6.45) is 0.677. The molecule has 238 valence electrons. The zero-order valence-corrected chi connectivity index (χ0v) is 26.9. The van der Waals surface area contributed by atoms with Gasteiger partial charge in [0.15, 0.2) is 16.6 Å². The molecule has 0 saturated carbocycles. The van der Waals surface area contributed by atoms with Crippen molar-refractivity contribution in [1.29, 1.82) is 0 Å². The molecular weight excluding hydrogens is 616 g/mol. The van der Waals surface area contributed by atoms with Gasteiger partial charge in [-0.15, -0.1) is 0 Å². The zero-order chi connectivity index (χ0) is 32.7. The monoisotopic (exact) mass is 648 g/mol. The Morgan fingerprint density at radius 1 is 1.00 bits per heavy atom. The molecule has 0 radical (unpaired) electrons. The summed E-state index contributed by atoms with van der Waals surface area (Å²) >= 11 is 1.27. The molecule has 5 aromatic rings. The van der Waals surface area contributed by atoms with Crippen molar-refractivity contribution in [3.05, 3.63) is 113 Å². The number of rotatable bonds is 9. The maximum atomic E-state index is 13.9. The maximum absolute atomic E-state index is 13.9. The van der Waals surface area contributed by atoms with Crippen molar-refractivity contribution in [2.75, 3.05) is 18.6 Å². The smallest absolute Gasteiger partial charge is 0.301 e. The number of ketones is 1. The van der Waals surface area contributed by atoms with Crippen molar-refractivity contribution in [3.63, 3.8) is 0 Å². The molecule has 4 aromatic carbocycles. The second-order valence-corrected chi connectivity index (χ2v) is 12.4. The number of ether oxygens (including phenoxy) is 4. The van der Waals surface area contributed by atoms with E-state index in [1.807, 2.05) is 68.4 Å². The van der Waals surface area contributed by atoms with Gasteiger partial charge >= 0.3 is 5.91 Å². The summed E-state index contributed by atoms with van der Waals surface area (Å²) in [6, 6.07) is 24.8. The number of thiazole rings is 1. The fourth-order valence-electron chi connectivity index (χ4n) is 6.03. The number of benzene rings is 4. The summed E-state index contributed by atoms with van der Waals surface area (Å²) in [4.78, 5) is 33.9. The first-order chi connectivity index (χ1) is 22.8. The van der Waals surface area contributed by atoms with E-state index in [0.717, 1.165) is 21.6 Å². The minimum absolute atomic E-state index is 0.00495. The molecule has 1 fully saturated rings. The first-order valence-corrected chi connectivity index (χ1v) is 16.1. The molecule has 1 saturated heterocycles. The van der Waals surface area contributed by atoms with Gasteiger partial charge in [0.05, 0.1) is 35.5 Å². The number of aromatic nitrogens is 1. The number of methoxy groups -OCH3 is 1. The first kappa shape index (κ1) is 30.3. The molecule has 3 heterocycles. The molecule has 1 aromatic heterocycles. The molecule has 10 heteroatoms. The van der Waals surface area contributed by atoms with Gasteiger partial charge in [0, 0.05) is 12.0 Å². The fraction of sp³-hybridized carbons (Fsp3) is 0.216. The summed E-state index contributed by atoms with van der Waals surface area (Å²) in [7, 11) is 1.53. The Kier molecular flexibility index (Phi) is 8.03. The molecule has 1 amide bonds. The number of hydrogen-bond acceptors (Lipinski definition) is 9. The number of fused-ring (bicyclic) bond motifs is 2. The van der Waals surface area contributed by atoms with Crippen LogP contribution in [0.2, 0.25) is 0 Å². The topological polar surface area (TPSA) is 107 Å². The minimum Gasteiger partial charge on any atom is -0.507 e. The largest absolute Gasteiger partial charge is 0.507 e. The van der Waals surface area contributed by atoms with Crippen molar-refractivity contribution >= 4 is 44.1 Å². The molecule has 1 N–H and O–H groups in total. The molecule has 0 aliphatic carbocycles. The predicted molar refractivity (Wildman–Crippen MR) is 180 cm³/mol. The summed E-state index contributed by atoms with van der Waals surface area (Å²) in [5.74, 6) is 0.451. The first-order valence-electron chi connectivity index (χ1n) is 15.3. The highest BCUT2D eigenvalue weighted by Crippen LogP contribution is 2.46. The third-order valence-corrected chi connectivity index (χ3v) is 9.24. The number of carbonyl (C=O) groups excluding carboxylic acids is 2. The van der Waals surface area contributed by atoms with Crippen LogP contribution in [0, 0.1) is 0 Å². The van der Waals surface area contributed by atoms with E-state index >= 15 is 0 Å². The molecular formula is C37H32N2O7S. The normalized spacial score (nSPS) is 18.3. The lowest BCUT2D eigenvalue weighted by atomic mass is 9.94. The van der Waals surface area contributed by atoms with Gasteiger partial charge in [-0.05, 0) is 79.1 Å². The second-order valence-electron chi connectivity index (χ2n) is 11.4. The van der Waals surface area contributed by atoms with Gasteiger partial charge in [-0.25, -0.2) is 4.98 Å². The van der Waals surface area contributed by atoms with E-state index < -0.39 is 17.7 Å².